The van der Waals surface area contributed by atoms with Gasteiger partial charge in [-0.05, 0) is 51.1 Å². The number of nitrogens with one attached hydrogen (secondary N) is 2. The average Bonchev–Trinajstić information content (AvgIpc) is 2.91. The van der Waals surface area contributed by atoms with Crippen LogP contribution in [0.1, 0.15) is 32.6 Å². The Morgan fingerprint density at radius 3 is 2.88 bits per heavy atom. The lowest BCUT2D eigenvalue weighted by Crippen LogP contribution is -2.47. The summed E-state index contributed by atoms with van der Waals surface area (Å²) in [5, 5.41) is 5.24. The van der Waals surface area contributed by atoms with Crippen LogP contribution in [0, 0.1) is 11.8 Å². The highest BCUT2D eigenvalue weighted by Crippen LogP contribution is 2.43. The molecule has 4 heteroatoms. The van der Waals surface area contributed by atoms with E-state index < -0.39 is 0 Å². The summed E-state index contributed by atoms with van der Waals surface area (Å²) in [5.74, 6) is 1.66. The first kappa shape index (κ1) is 10.5. The largest absolute Gasteiger partial charge is 0.316 e. The molecule has 2 heterocycles. The molecule has 1 saturated carbocycles. The molecule has 2 unspecified atom stereocenters. The zero-order valence-corrected chi connectivity index (χ0v) is 9.96. The van der Waals surface area contributed by atoms with Crippen molar-refractivity contribution < 1.29 is 4.79 Å². The van der Waals surface area contributed by atoms with E-state index in [9.17, 15) is 4.79 Å². The minimum atomic E-state index is 0.0586. The molecule has 4 nitrogen and oxygen atoms in total. The molecule has 0 aromatic heterocycles. The first-order chi connectivity index (χ1) is 7.67. The highest BCUT2D eigenvalue weighted by Gasteiger charge is 2.49. The van der Waals surface area contributed by atoms with Crippen LogP contribution in [0.3, 0.4) is 0 Å². The van der Waals surface area contributed by atoms with Gasteiger partial charge >= 0.3 is 0 Å². The van der Waals surface area contributed by atoms with Gasteiger partial charge in [-0.15, -0.1) is 0 Å². The van der Waals surface area contributed by atoms with Gasteiger partial charge in [-0.25, -0.2) is 5.43 Å². The first-order valence-electron chi connectivity index (χ1n) is 6.46. The Balaban J connectivity index is 1.61. The third kappa shape index (κ3) is 1.84. The lowest BCUT2D eigenvalue weighted by Gasteiger charge is -2.27. The molecular weight excluding hydrogens is 202 g/mol. The van der Waals surface area contributed by atoms with Crippen molar-refractivity contribution >= 4 is 5.91 Å². The zero-order valence-electron chi connectivity index (χ0n) is 9.96. The molecule has 16 heavy (non-hydrogen) atoms. The van der Waals surface area contributed by atoms with Gasteiger partial charge in [0.05, 0.1) is 0 Å². The van der Waals surface area contributed by atoms with E-state index in [1.807, 2.05) is 5.01 Å². The van der Waals surface area contributed by atoms with Crippen molar-refractivity contribution in [2.24, 2.45) is 11.8 Å². The predicted molar refractivity (Wildman–Crippen MR) is 61.6 cm³/mol. The molecule has 90 valence electrons. The van der Waals surface area contributed by atoms with Crippen LogP contribution in [0.15, 0.2) is 0 Å². The topological polar surface area (TPSA) is 44.4 Å². The molecule has 0 aromatic carbocycles. The number of rotatable bonds is 3. The molecule has 3 fully saturated rings. The van der Waals surface area contributed by atoms with Crippen LogP contribution in [0.2, 0.25) is 0 Å². The Hall–Kier alpha value is -0.610. The van der Waals surface area contributed by atoms with E-state index in [0.29, 0.717) is 18.2 Å². The number of nitrogens with zero attached hydrogens (tertiary/aromatic N) is 1. The standard InChI is InChI=1S/C12H21N3O/c1-12(10-2-3-10)6-11(16)15(14-12)8-9-4-5-13-7-9/h9-10,13-14H,2-8H2,1H3. The summed E-state index contributed by atoms with van der Waals surface area (Å²) in [6, 6.07) is 0. The van der Waals surface area contributed by atoms with Gasteiger partial charge in [0.2, 0.25) is 5.91 Å². The number of hydrogen-bond donors (Lipinski definition) is 2. The normalized spacial score (nSPS) is 39.7. The van der Waals surface area contributed by atoms with Crippen molar-refractivity contribution in [2.45, 2.75) is 38.1 Å². The highest BCUT2D eigenvalue weighted by molar-refractivity contribution is 5.79. The highest BCUT2D eigenvalue weighted by atomic mass is 16.2. The summed E-state index contributed by atoms with van der Waals surface area (Å²) in [5.41, 5.74) is 3.52. The Kier molecular flexibility index (Phi) is 2.44. The van der Waals surface area contributed by atoms with Crippen LogP contribution < -0.4 is 10.7 Å². The smallest absolute Gasteiger partial charge is 0.238 e. The van der Waals surface area contributed by atoms with E-state index >= 15 is 0 Å². The van der Waals surface area contributed by atoms with Gasteiger partial charge in [0.25, 0.3) is 0 Å². The molecule has 1 amide bonds. The molecule has 0 aromatic rings. The molecule has 0 bridgehead atoms. The summed E-state index contributed by atoms with van der Waals surface area (Å²) < 4.78 is 0. The van der Waals surface area contributed by atoms with Crippen LogP contribution in [-0.4, -0.2) is 36.1 Å². The Bertz CT molecular complexity index is 297. The van der Waals surface area contributed by atoms with Crippen molar-refractivity contribution in [2.75, 3.05) is 19.6 Å². The molecule has 2 N–H and O–H groups in total. The second kappa shape index (κ2) is 3.70. The van der Waals surface area contributed by atoms with E-state index in [4.69, 9.17) is 0 Å². The quantitative estimate of drug-likeness (QED) is 0.732. The van der Waals surface area contributed by atoms with Crippen molar-refractivity contribution in [3.8, 4) is 0 Å². The third-order valence-electron chi connectivity index (χ3n) is 4.29. The lowest BCUT2D eigenvalue weighted by atomic mass is 9.94. The van der Waals surface area contributed by atoms with Crippen LogP contribution >= 0.6 is 0 Å². The molecule has 2 atom stereocenters. The Morgan fingerprint density at radius 1 is 1.44 bits per heavy atom. The molecular formula is C12H21N3O. The maximum atomic E-state index is 12.0. The predicted octanol–water partition coefficient (Wildman–Crippen LogP) is 0.501. The van der Waals surface area contributed by atoms with Gasteiger partial charge in [0.15, 0.2) is 0 Å². The lowest BCUT2D eigenvalue weighted by molar-refractivity contribution is -0.130. The molecule has 2 saturated heterocycles. The van der Waals surface area contributed by atoms with E-state index in [1.165, 1.54) is 19.3 Å². The third-order valence-corrected chi connectivity index (χ3v) is 4.29. The number of hydrazine groups is 1. The number of hydrogen-bond acceptors (Lipinski definition) is 3. The van der Waals surface area contributed by atoms with Gasteiger partial charge in [-0.2, -0.15) is 0 Å². The first-order valence-corrected chi connectivity index (χ1v) is 6.46. The number of carbonyl (C=O) groups is 1. The minimum Gasteiger partial charge on any atom is -0.316 e. The monoisotopic (exact) mass is 223 g/mol. The van der Waals surface area contributed by atoms with E-state index in [-0.39, 0.29) is 5.54 Å². The van der Waals surface area contributed by atoms with Crippen LogP contribution in [0.5, 0.6) is 0 Å². The van der Waals surface area contributed by atoms with Gasteiger partial charge in [-0.1, -0.05) is 0 Å². The van der Waals surface area contributed by atoms with Gasteiger partial charge < -0.3 is 5.32 Å². The fourth-order valence-corrected chi connectivity index (χ4v) is 3.05. The molecule has 0 radical (unpaired) electrons. The summed E-state index contributed by atoms with van der Waals surface area (Å²) in [4.78, 5) is 12.0. The summed E-state index contributed by atoms with van der Waals surface area (Å²) in [7, 11) is 0. The zero-order chi connectivity index (χ0) is 11.2. The van der Waals surface area contributed by atoms with E-state index in [2.05, 4.69) is 17.7 Å². The second-order valence-electron chi connectivity index (χ2n) is 5.84. The Morgan fingerprint density at radius 2 is 2.25 bits per heavy atom. The average molecular weight is 223 g/mol. The molecule has 3 rings (SSSR count). The van der Waals surface area contributed by atoms with Crippen LogP contribution in [0.4, 0.5) is 0 Å². The van der Waals surface area contributed by atoms with Crippen LogP contribution in [-0.2, 0) is 4.79 Å². The molecule has 1 aliphatic carbocycles. The Labute approximate surface area is 96.7 Å². The summed E-state index contributed by atoms with van der Waals surface area (Å²) in [6.45, 7) is 5.25. The van der Waals surface area contributed by atoms with E-state index in [0.717, 1.165) is 25.6 Å². The summed E-state index contributed by atoms with van der Waals surface area (Å²) >= 11 is 0. The molecule has 3 aliphatic rings. The minimum absolute atomic E-state index is 0.0586. The van der Waals surface area contributed by atoms with Crippen molar-refractivity contribution in [1.29, 1.82) is 0 Å². The summed E-state index contributed by atoms with van der Waals surface area (Å²) in [6.07, 6.45) is 4.47. The molecule has 0 spiro atoms. The fourth-order valence-electron chi connectivity index (χ4n) is 3.05. The van der Waals surface area contributed by atoms with Gasteiger partial charge in [-0.3, -0.25) is 9.80 Å². The SMILES string of the molecule is CC1(C2CC2)CC(=O)N(CC2CCNC2)N1. The molecule has 2 aliphatic heterocycles. The van der Waals surface area contributed by atoms with Crippen LogP contribution in [0.25, 0.3) is 0 Å². The van der Waals surface area contributed by atoms with Gasteiger partial charge in [0, 0.05) is 18.5 Å². The van der Waals surface area contributed by atoms with Crippen molar-refractivity contribution in [3.63, 3.8) is 0 Å². The maximum absolute atomic E-state index is 12.0. The van der Waals surface area contributed by atoms with Gasteiger partial charge in [0.1, 0.15) is 0 Å². The van der Waals surface area contributed by atoms with Crippen molar-refractivity contribution in [1.82, 2.24) is 15.8 Å². The number of carbonyl (C=O) groups excluding carboxylic acids is 1. The number of amides is 1. The van der Waals surface area contributed by atoms with E-state index in [1.54, 1.807) is 0 Å². The second-order valence-corrected chi connectivity index (χ2v) is 5.84. The fraction of sp³-hybridized carbons (Fsp3) is 0.917. The maximum Gasteiger partial charge on any atom is 0.238 e. The van der Waals surface area contributed by atoms with Crippen molar-refractivity contribution in [3.05, 3.63) is 0 Å².